The number of hydrogen-bond acceptors (Lipinski definition) is 5. The van der Waals surface area contributed by atoms with Crippen LogP contribution in [0, 0.1) is 5.92 Å². The third-order valence-electron chi connectivity index (χ3n) is 4.24. The van der Waals surface area contributed by atoms with Gasteiger partial charge in [-0.1, -0.05) is 19.3 Å². The van der Waals surface area contributed by atoms with E-state index in [1.807, 2.05) is 0 Å². The number of ether oxygens (including phenoxy) is 2. The quantitative estimate of drug-likeness (QED) is 0.546. The molecule has 0 saturated heterocycles. The summed E-state index contributed by atoms with van der Waals surface area (Å²) in [6, 6.07) is 0. The zero-order valence-corrected chi connectivity index (χ0v) is 15.5. The molecule has 1 fully saturated rings. The Labute approximate surface area is 145 Å². The van der Waals surface area contributed by atoms with Gasteiger partial charge < -0.3 is 14.6 Å². The molecule has 140 valence electrons. The van der Waals surface area contributed by atoms with Crippen LogP contribution in [-0.2, 0) is 14.3 Å². The van der Waals surface area contributed by atoms with Crippen LogP contribution in [0.25, 0.3) is 0 Å². The molecule has 0 aromatic heterocycles. The van der Waals surface area contributed by atoms with Crippen LogP contribution >= 0.6 is 0 Å². The molecule has 6 nitrogen and oxygen atoms in total. The lowest BCUT2D eigenvalue weighted by molar-refractivity contribution is -0.143. The average Bonchev–Trinajstić information content (AvgIpc) is 2.46. The number of esters is 1. The molecule has 0 aliphatic heterocycles. The maximum atomic E-state index is 12.1. The highest BCUT2D eigenvalue weighted by atomic mass is 16.6. The van der Waals surface area contributed by atoms with Crippen molar-refractivity contribution in [1.82, 2.24) is 5.32 Å². The first kappa shape index (κ1) is 20.7. The second kappa shape index (κ2) is 9.25. The van der Waals surface area contributed by atoms with E-state index < -0.39 is 17.4 Å². The van der Waals surface area contributed by atoms with Gasteiger partial charge in [0.15, 0.2) is 0 Å². The maximum Gasteiger partial charge on any atom is 0.409 e. The number of rotatable bonds is 7. The van der Waals surface area contributed by atoms with Crippen molar-refractivity contribution in [1.29, 1.82) is 0 Å². The molecule has 0 radical (unpaired) electrons. The number of carbonyl (C=O) groups excluding carboxylic acids is 2. The summed E-state index contributed by atoms with van der Waals surface area (Å²) >= 11 is 0. The lowest BCUT2D eigenvalue weighted by Gasteiger charge is -2.39. The molecule has 1 aliphatic carbocycles. The second-order valence-electron chi connectivity index (χ2n) is 7.54. The number of carbonyl (C=O) groups is 2. The Morgan fingerprint density at radius 1 is 1.17 bits per heavy atom. The van der Waals surface area contributed by atoms with Crippen molar-refractivity contribution in [3.8, 4) is 0 Å². The molecule has 1 atom stereocenters. The summed E-state index contributed by atoms with van der Waals surface area (Å²) in [7, 11) is 0. The van der Waals surface area contributed by atoms with Crippen molar-refractivity contribution < 1.29 is 24.2 Å². The van der Waals surface area contributed by atoms with Crippen molar-refractivity contribution in [3.63, 3.8) is 0 Å². The molecule has 1 unspecified atom stereocenters. The third kappa shape index (κ3) is 7.51. The molecule has 0 heterocycles. The van der Waals surface area contributed by atoms with Gasteiger partial charge in [-0.05, 0) is 53.4 Å². The zero-order chi connectivity index (χ0) is 18.2. The van der Waals surface area contributed by atoms with Gasteiger partial charge in [-0.25, -0.2) is 4.79 Å². The molecule has 2 N–H and O–H groups in total. The number of alkyl carbamates (subject to hydrolysis) is 1. The van der Waals surface area contributed by atoms with Crippen LogP contribution in [0.4, 0.5) is 4.79 Å². The first-order valence-electron chi connectivity index (χ1n) is 9.05. The summed E-state index contributed by atoms with van der Waals surface area (Å²) in [6.45, 7) is 7.47. The SMILES string of the molecule is CCOC(=O)CCCC(O)(NC(=O)OC(C)(C)C)C1CCCCC1. The van der Waals surface area contributed by atoms with E-state index in [1.165, 1.54) is 0 Å². The van der Waals surface area contributed by atoms with Crippen molar-refractivity contribution >= 4 is 12.1 Å². The lowest BCUT2D eigenvalue weighted by Crippen LogP contribution is -2.55. The van der Waals surface area contributed by atoms with Gasteiger partial charge in [-0.15, -0.1) is 0 Å². The first-order chi connectivity index (χ1) is 11.2. The maximum absolute atomic E-state index is 12.1. The summed E-state index contributed by atoms with van der Waals surface area (Å²) in [5.74, 6) is -0.290. The second-order valence-corrected chi connectivity index (χ2v) is 7.54. The summed E-state index contributed by atoms with van der Waals surface area (Å²) in [6.07, 6.45) is 5.36. The van der Waals surface area contributed by atoms with E-state index in [0.29, 0.717) is 19.4 Å². The monoisotopic (exact) mass is 343 g/mol. The van der Waals surface area contributed by atoms with E-state index >= 15 is 0 Å². The van der Waals surface area contributed by atoms with Crippen LogP contribution in [0.3, 0.4) is 0 Å². The topological polar surface area (TPSA) is 84.9 Å². The normalized spacial score (nSPS) is 18.5. The van der Waals surface area contributed by atoms with Crippen LogP contribution in [0.5, 0.6) is 0 Å². The standard InChI is InChI=1S/C18H33NO5/c1-5-23-15(20)12-9-13-18(22,14-10-7-6-8-11-14)19-16(21)24-17(2,3)4/h14,22H,5-13H2,1-4H3,(H,19,21). The van der Waals surface area contributed by atoms with Crippen LogP contribution in [0.1, 0.15) is 79.1 Å². The van der Waals surface area contributed by atoms with E-state index in [9.17, 15) is 14.7 Å². The van der Waals surface area contributed by atoms with E-state index in [0.717, 1.165) is 32.1 Å². The predicted molar refractivity (Wildman–Crippen MR) is 91.4 cm³/mol. The van der Waals surface area contributed by atoms with Gasteiger partial charge >= 0.3 is 12.1 Å². The minimum atomic E-state index is -1.34. The third-order valence-corrected chi connectivity index (χ3v) is 4.24. The first-order valence-corrected chi connectivity index (χ1v) is 9.05. The molecule has 1 rings (SSSR count). The van der Waals surface area contributed by atoms with Gasteiger partial charge in [0.05, 0.1) is 6.61 Å². The van der Waals surface area contributed by atoms with Crippen molar-refractivity contribution in [2.45, 2.75) is 90.4 Å². The Morgan fingerprint density at radius 3 is 2.33 bits per heavy atom. The number of amides is 1. The van der Waals surface area contributed by atoms with Crippen LogP contribution in [-0.4, -0.2) is 35.1 Å². The van der Waals surface area contributed by atoms with Crippen LogP contribution < -0.4 is 5.32 Å². The van der Waals surface area contributed by atoms with E-state index in [1.54, 1.807) is 27.7 Å². The average molecular weight is 343 g/mol. The van der Waals surface area contributed by atoms with Gasteiger partial charge in [0.25, 0.3) is 0 Å². The molecule has 1 aliphatic rings. The highest BCUT2D eigenvalue weighted by molar-refractivity contribution is 5.69. The Hall–Kier alpha value is -1.30. The minimum Gasteiger partial charge on any atom is -0.466 e. The molecule has 0 aromatic carbocycles. The molecular formula is C18H33NO5. The van der Waals surface area contributed by atoms with Crippen LogP contribution in [0.2, 0.25) is 0 Å². The summed E-state index contributed by atoms with van der Waals surface area (Å²) < 4.78 is 10.2. The van der Waals surface area contributed by atoms with Crippen LogP contribution in [0.15, 0.2) is 0 Å². The van der Waals surface area contributed by atoms with Gasteiger partial charge in [0.2, 0.25) is 0 Å². The highest BCUT2D eigenvalue weighted by Crippen LogP contribution is 2.34. The van der Waals surface area contributed by atoms with E-state index in [2.05, 4.69) is 5.32 Å². The summed E-state index contributed by atoms with van der Waals surface area (Å²) in [5, 5.41) is 13.7. The molecular weight excluding hydrogens is 310 g/mol. The van der Waals surface area contributed by atoms with Crippen molar-refractivity contribution in [2.75, 3.05) is 6.61 Å². The smallest absolute Gasteiger partial charge is 0.409 e. The lowest BCUT2D eigenvalue weighted by atomic mass is 9.79. The van der Waals surface area contributed by atoms with Crippen molar-refractivity contribution in [3.05, 3.63) is 0 Å². The number of nitrogens with one attached hydrogen (secondary N) is 1. The summed E-state index contributed by atoms with van der Waals surface area (Å²) in [4.78, 5) is 23.6. The Balaban J connectivity index is 2.67. The molecule has 1 saturated carbocycles. The van der Waals surface area contributed by atoms with Gasteiger partial charge in [0.1, 0.15) is 11.3 Å². The van der Waals surface area contributed by atoms with Gasteiger partial charge in [0, 0.05) is 12.3 Å². The molecule has 6 heteroatoms. The molecule has 1 amide bonds. The fourth-order valence-corrected chi connectivity index (χ4v) is 3.16. The van der Waals surface area contributed by atoms with E-state index in [-0.39, 0.29) is 18.3 Å². The fraction of sp³-hybridized carbons (Fsp3) is 0.889. The van der Waals surface area contributed by atoms with Gasteiger partial charge in [-0.2, -0.15) is 0 Å². The zero-order valence-electron chi connectivity index (χ0n) is 15.5. The Morgan fingerprint density at radius 2 is 1.79 bits per heavy atom. The van der Waals surface area contributed by atoms with Crippen molar-refractivity contribution in [2.24, 2.45) is 5.92 Å². The fourth-order valence-electron chi connectivity index (χ4n) is 3.16. The molecule has 0 spiro atoms. The highest BCUT2D eigenvalue weighted by Gasteiger charge is 2.39. The number of aliphatic hydroxyl groups is 1. The van der Waals surface area contributed by atoms with E-state index in [4.69, 9.17) is 9.47 Å². The van der Waals surface area contributed by atoms with Gasteiger partial charge in [-0.3, -0.25) is 10.1 Å². The Kier molecular flexibility index (Phi) is 8.00. The number of hydrogen-bond donors (Lipinski definition) is 2. The largest absolute Gasteiger partial charge is 0.466 e. The molecule has 24 heavy (non-hydrogen) atoms. The molecule has 0 aromatic rings. The minimum absolute atomic E-state index is 0.0130. The predicted octanol–water partition coefficient (Wildman–Crippen LogP) is 3.51. The Bertz CT molecular complexity index is 412. The summed E-state index contributed by atoms with van der Waals surface area (Å²) in [5.41, 5.74) is -1.96. The molecule has 0 bridgehead atoms.